The molecule has 1 fully saturated rings. The van der Waals surface area contributed by atoms with E-state index in [1.165, 1.54) is 6.42 Å². The van der Waals surface area contributed by atoms with E-state index < -0.39 is 0 Å². The first-order valence-corrected chi connectivity index (χ1v) is 8.67. The Kier molecular flexibility index (Phi) is 5.60. The Morgan fingerprint density at radius 1 is 1.33 bits per heavy atom. The van der Waals surface area contributed by atoms with Gasteiger partial charge >= 0.3 is 0 Å². The molecule has 0 bridgehead atoms. The van der Waals surface area contributed by atoms with Crippen LogP contribution in [0, 0.1) is 5.92 Å². The highest BCUT2D eigenvalue weighted by molar-refractivity contribution is 9.10. The molecule has 1 heterocycles. The van der Waals surface area contributed by atoms with Crippen LogP contribution in [0.15, 0.2) is 4.47 Å². The van der Waals surface area contributed by atoms with Crippen LogP contribution in [0.4, 0.5) is 5.82 Å². The van der Waals surface area contributed by atoms with Gasteiger partial charge in [0.25, 0.3) is 0 Å². The predicted molar refractivity (Wildman–Crippen MR) is 89.6 cm³/mol. The fraction of sp³-hybridized carbons (Fsp3) is 0.750. The van der Waals surface area contributed by atoms with E-state index in [0.717, 1.165) is 54.0 Å². The number of anilines is 1. The third kappa shape index (κ3) is 3.57. The quantitative estimate of drug-likeness (QED) is 0.792. The van der Waals surface area contributed by atoms with Crippen molar-refractivity contribution >= 4 is 21.7 Å². The van der Waals surface area contributed by atoms with E-state index in [4.69, 9.17) is 14.7 Å². The van der Waals surface area contributed by atoms with Crippen molar-refractivity contribution in [2.45, 2.75) is 58.5 Å². The van der Waals surface area contributed by atoms with E-state index in [0.29, 0.717) is 5.92 Å². The van der Waals surface area contributed by atoms with Gasteiger partial charge in [-0.05, 0) is 54.0 Å². The zero-order valence-corrected chi connectivity index (χ0v) is 15.1. The summed E-state index contributed by atoms with van der Waals surface area (Å²) in [6.45, 7) is 7.49. The van der Waals surface area contributed by atoms with E-state index in [1.54, 1.807) is 7.11 Å². The molecule has 1 aromatic rings. The van der Waals surface area contributed by atoms with Crippen molar-refractivity contribution in [1.82, 2.24) is 9.97 Å². The summed E-state index contributed by atoms with van der Waals surface area (Å²) < 4.78 is 6.75. The van der Waals surface area contributed by atoms with Crippen LogP contribution in [0.1, 0.15) is 58.0 Å². The van der Waals surface area contributed by atoms with Crippen LogP contribution in [-0.2, 0) is 16.8 Å². The zero-order chi connectivity index (χ0) is 15.5. The van der Waals surface area contributed by atoms with Gasteiger partial charge in [0.2, 0.25) is 0 Å². The molecule has 0 amide bonds. The average Bonchev–Trinajstić information content (AvgIpc) is 2.39. The second-order valence-corrected chi connectivity index (χ2v) is 7.03. The maximum atomic E-state index is 5.75. The number of hydrogen-bond donors (Lipinski definition) is 1. The molecule has 1 aliphatic carbocycles. The van der Waals surface area contributed by atoms with Gasteiger partial charge in [0.05, 0.1) is 10.2 Å². The smallest absolute Gasteiger partial charge is 0.162 e. The predicted octanol–water partition coefficient (Wildman–Crippen LogP) is 4.29. The van der Waals surface area contributed by atoms with Gasteiger partial charge in [-0.25, -0.2) is 9.97 Å². The molecular weight excluding hydrogens is 330 g/mol. The van der Waals surface area contributed by atoms with E-state index >= 15 is 0 Å². The number of methoxy groups -OCH3 is 1. The molecule has 0 aromatic carbocycles. The van der Waals surface area contributed by atoms with Crippen LogP contribution in [0.3, 0.4) is 0 Å². The van der Waals surface area contributed by atoms with Gasteiger partial charge in [-0.2, -0.15) is 0 Å². The summed E-state index contributed by atoms with van der Waals surface area (Å²) in [5.74, 6) is 2.30. The molecule has 1 saturated carbocycles. The maximum Gasteiger partial charge on any atom is 0.162 e. The lowest BCUT2D eigenvalue weighted by molar-refractivity contribution is -0.0847. The molecule has 0 atom stereocenters. The van der Waals surface area contributed by atoms with Crippen molar-refractivity contribution in [2.24, 2.45) is 5.92 Å². The minimum atomic E-state index is -0.269. The van der Waals surface area contributed by atoms with E-state index in [2.05, 4.69) is 42.0 Å². The maximum absolute atomic E-state index is 5.75. The van der Waals surface area contributed by atoms with Crippen LogP contribution in [-0.4, -0.2) is 23.6 Å². The molecule has 0 spiro atoms. The van der Waals surface area contributed by atoms with Crippen molar-refractivity contribution in [3.05, 3.63) is 16.0 Å². The fourth-order valence-electron chi connectivity index (χ4n) is 2.60. The summed E-state index contributed by atoms with van der Waals surface area (Å²) in [5, 5.41) is 3.41. The summed E-state index contributed by atoms with van der Waals surface area (Å²) in [6, 6.07) is 0. The Morgan fingerprint density at radius 2 is 2.05 bits per heavy atom. The molecule has 1 N–H and O–H groups in total. The average molecular weight is 356 g/mol. The lowest BCUT2D eigenvalue weighted by Gasteiger charge is -2.39. The molecular formula is C16H26BrN3O. The number of aromatic nitrogens is 2. The van der Waals surface area contributed by atoms with Crippen molar-refractivity contribution in [1.29, 1.82) is 0 Å². The molecule has 1 aliphatic rings. The molecule has 4 nitrogen and oxygen atoms in total. The molecule has 118 valence electrons. The number of rotatable bonds is 7. The first-order valence-electron chi connectivity index (χ1n) is 7.88. The fourth-order valence-corrected chi connectivity index (χ4v) is 3.08. The number of halogens is 1. The number of ether oxygens (including phenoxy) is 1. The molecule has 21 heavy (non-hydrogen) atoms. The standard InChI is InChI=1S/C16H26BrN3O/c1-5-9-18-14-13(17)12(10-11(2)3)19-15(20-14)16(21-4)7-6-8-16/h11H,5-10H2,1-4H3,(H,18,19,20). The Balaban J connectivity index is 2.40. The number of nitrogens with zero attached hydrogens (tertiary/aromatic N) is 2. The summed E-state index contributed by atoms with van der Waals surface area (Å²) in [4.78, 5) is 9.57. The van der Waals surface area contributed by atoms with Gasteiger partial charge in [-0.15, -0.1) is 0 Å². The summed E-state index contributed by atoms with van der Waals surface area (Å²) in [5.41, 5.74) is 0.812. The van der Waals surface area contributed by atoms with Gasteiger partial charge in [-0.3, -0.25) is 0 Å². The van der Waals surface area contributed by atoms with Gasteiger partial charge < -0.3 is 10.1 Å². The summed E-state index contributed by atoms with van der Waals surface area (Å²) in [7, 11) is 1.77. The van der Waals surface area contributed by atoms with Gasteiger partial charge in [-0.1, -0.05) is 20.8 Å². The number of hydrogen-bond acceptors (Lipinski definition) is 4. The zero-order valence-electron chi connectivity index (χ0n) is 13.5. The minimum absolute atomic E-state index is 0.269. The van der Waals surface area contributed by atoms with Crippen molar-refractivity contribution < 1.29 is 4.74 Å². The van der Waals surface area contributed by atoms with Crippen LogP contribution >= 0.6 is 15.9 Å². The Hall–Kier alpha value is -0.680. The van der Waals surface area contributed by atoms with Crippen molar-refractivity contribution in [3.63, 3.8) is 0 Å². The lowest BCUT2D eigenvalue weighted by atomic mass is 9.79. The Morgan fingerprint density at radius 3 is 2.52 bits per heavy atom. The third-order valence-electron chi connectivity index (χ3n) is 4.02. The van der Waals surface area contributed by atoms with Crippen LogP contribution in [0.5, 0.6) is 0 Å². The highest BCUT2D eigenvalue weighted by atomic mass is 79.9. The molecule has 0 radical (unpaired) electrons. The first-order chi connectivity index (χ1) is 10.0. The minimum Gasteiger partial charge on any atom is -0.370 e. The molecule has 2 rings (SSSR count). The van der Waals surface area contributed by atoms with E-state index in [1.807, 2.05) is 0 Å². The third-order valence-corrected chi connectivity index (χ3v) is 4.86. The highest BCUT2D eigenvalue weighted by Crippen LogP contribution is 2.43. The molecule has 1 aromatic heterocycles. The number of nitrogens with one attached hydrogen (secondary N) is 1. The van der Waals surface area contributed by atoms with Crippen LogP contribution in [0.25, 0.3) is 0 Å². The lowest BCUT2D eigenvalue weighted by Crippen LogP contribution is -2.38. The van der Waals surface area contributed by atoms with Crippen LogP contribution in [0.2, 0.25) is 0 Å². The Labute approximate surface area is 136 Å². The molecule has 0 unspecified atom stereocenters. The SMILES string of the molecule is CCCNc1nc(C2(OC)CCC2)nc(CC(C)C)c1Br. The van der Waals surface area contributed by atoms with E-state index in [-0.39, 0.29) is 5.60 Å². The van der Waals surface area contributed by atoms with Gasteiger partial charge in [0.15, 0.2) is 5.82 Å². The monoisotopic (exact) mass is 355 g/mol. The van der Waals surface area contributed by atoms with Crippen molar-refractivity contribution in [2.75, 3.05) is 19.0 Å². The summed E-state index contributed by atoms with van der Waals surface area (Å²) >= 11 is 3.67. The van der Waals surface area contributed by atoms with Gasteiger partial charge in [0.1, 0.15) is 11.4 Å². The van der Waals surface area contributed by atoms with Gasteiger partial charge in [0, 0.05) is 13.7 Å². The summed E-state index contributed by atoms with van der Waals surface area (Å²) in [6.07, 6.45) is 5.22. The Bertz CT molecular complexity index is 481. The largest absolute Gasteiger partial charge is 0.370 e. The topological polar surface area (TPSA) is 47.0 Å². The van der Waals surface area contributed by atoms with E-state index in [9.17, 15) is 0 Å². The second kappa shape index (κ2) is 7.05. The first kappa shape index (κ1) is 16.7. The molecule has 5 heteroatoms. The van der Waals surface area contributed by atoms with Crippen LogP contribution < -0.4 is 5.32 Å². The molecule has 0 aliphatic heterocycles. The molecule has 0 saturated heterocycles. The second-order valence-electron chi connectivity index (χ2n) is 6.23. The normalized spacial score (nSPS) is 16.9. The van der Waals surface area contributed by atoms with Crippen molar-refractivity contribution in [3.8, 4) is 0 Å². The highest BCUT2D eigenvalue weighted by Gasteiger charge is 2.42.